The third-order valence-electron chi connectivity index (χ3n) is 4.55. The van der Waals surface area contributed by atoms with E-state index < -0.39 is 5.60 Å². The summed E-state index contributed by atoms with van der Waals surface area (Å²) in [6, 6.07) is 0. The lowest BCUT2D eigenvalue weighted by molar-refractivity contribution is 0.0144. The molecule has 0 spiro atoms. The molecule has 0 radical (unpaired) electrons. The van der Waals surface area contributed by atoms with Gasteiger partial charge in [-0.15, -0.1) is 0 Å². The van der Waals surface area contributed by atoms with E-state index in [4.69, 9.17) is 0 Å². The van der Waals surface area contributed by atoms with Gasteiger partial charge < -0.3 is 5.11 Å². The van der Waals surface area contributed by atoms with Crippen LogP contribution in [0.3, 0.4) is 0 Å². The molecule has 1 fully saturated rings. The molecule has 1 aliphatic carbocycles. The van der Waals surface area contributed by atoms with Crippen molar-refractivity contribution in [3.8, 4) is 0 Å². The summed E-state index contributed by atoms with van der Waals surface area (Å²) in [5.41, 5.74) is 3.43. The van der Waals surface area contributed by atoms with E-state index in [0.717, 1.165) is 51.6 Å². The monoisotopic (exact) mass is 279 g/mol. The molecule has 0 atom stereocenters. The van der Waals surface area contributed by atoms with Crippen LogP contribution < -0.4 is 0 Å². The van der Waals surface area contributed by atoms with Gasteiger partial charge in [0.05, 0.1) is 11.3 Å². The SMILES string of the molecule is CCc1nn(C)c(CC)c1CN(C)CC1(O)CCCC1. The van der Waals surface area contributed by atoms with Gasteiger partial charge in [-0.1, -0.05) is 26.7 Å². The second-order valence-corrected chi connectivity index (χ2v) is 6.31. The normalized spacial score (nSPS) is 18.1. The van der Waals surface area contributed by atoms with Crippen molar-refractivity contribution in [1.82, 2.24) is 14.7 Å². The first-order chi connectivity index (χ1) is 9.49. The summed E-state index contributed by atoms with van der Waals surface area (Å²) in [6.45, 7) is 6.01. The first-order valence-electron chi connectivity index (χ1n) is 7.93. The molecule has 0 saturated heterocycles. The first-order valence-corrected chi connectivity index (χ1v) is 7.93. The minimum atomic E-state index is -0.463. The summed E-state index contributed by atoms with van der Waals surface area (Å²) in [7, 11) is 4.15. The van der Waals surface area contributed by atoms with Crippen LogP contribution in [0.2, 0.25) is 0 Å². The maximum Gasteiger partial charge on any atom is 0.0774 e. The van der Waals surface area contributed by atoms with E-state index >= 15 is 0 Å². The Morgan fingerprint density at radius 1 is 1.25 bits per heavy atom. The molecule has 114 valence electrons. The van der Waals surface area contributed by atoms with Crippen molar-refractivity contribution in [3.05, 3.63) is 17.0 Å². The predicted molar refractivity (Wildman–Crippen MR) is 81.7 cm³/mol. The van der Waals surface area contributed by atoms with Gasteiger partial charge in [0.25, 0.3) is 0 Å². The average Bonchev–Trinajstić information content (AvgIpc) is 2.93. The Balaban J connectivity index is 2.08. The van der Waals surface area contributed by atoms with Crippen molar-refractivity contribution < 1.29 is 5.11 Å². The molecule has 1 aromatic rings. The highest BCUT2D eigenvalue weighted by molar-refractivity contribution is 5.26. The van der Waals surface area contributed by atoms with E-state index in [2.05, 4.69) is 30.9 Å². The van der Waals surface area contributed by atoms with Crippen LogP contribution in [0, 0.1) is 0 Å². The number of rotatable bonds is 6. The molecule has 0 amide bonds. The van der Waals surface area contributed by atoms with E-state index in [0.29, 0.717) is 0 Å². The molecular weight excluding hydrogens is 250 g/mol. The van der Waals surface area contributed by atoms with Gasteiger partial charge in [0.1, 0.15) is 0 Å². The van der Waals surface area contributed by atoms with E-state index in [1.807, 2.05) is 11.7 Å². The summed E-state index contributed by atoms with van der Waals surface area (Å²) < 4.78 is 2.02. The van der Waals surface area contributed by atoms with Gasteiger partial charge in [-0.2, -0.15) is 5.10 Å². The number of aromatic nitrogens is 2. The lowest BCUT2D eigenvalue weighted by Crippen LogP contribution is -2.39. The number of likely N-dealkylation sites (N-methyl/N-ethyl adjacent to an activating group) is 1. The molecule has 4 heteroatoms. The van der Waals surface area contributed by atoms with E-state index in [9.17, 15) is 5.11 Å². The molecule has 2 rings (SSSR count). The standard InChI is InChI=1S/C16H29N3O/c1-5-14-13(15(6-2)19(4)17-14)11-18(3)12-16(20)9-7-8-10-16/h20H,5-12H2,1-4H3. The highest BCUT2D eigenvalue weighted by atomic mass is 16.3. The van der Waals surface area contributed by atoms with Gasteiger partial charge in [-0.05, 0) is 32.7 Å². The summed E-state index contributed by atoms with van der Waals surface area (Å²) in [5, 5.41) is 15.2. The molecule has 1 N–H and O–H groups in total. The fourth-order valence-corrected chi connectivity index (χ4v) is 3.59. The Kier molecular flexibility index (Phi) is 4.86. The van der Waals surface area contributed by atoms with E-state index in [-0.39, 0.29) is 0 Å². The van der Waals surface area contributed by atoms with Gasteiger partial charge in [-0.3, -0.25) is 9.58 Å². The van der Waals surface area contributed by atoms with Crippen LogP contribution in [0.5, 0.6) is 0 Å². The van der Waals surface area contributed by atoms with Gasteiger partial charge in [0, 0.05) is 31.4 Å². The quantitative estimate of drug-likeness (QED) is 0.868. The number of nitrogens with zero attached hydrogens (tertiary/aromatic N) is 3. The topological polar surface area (TPSA) is 41.3 Å². The first kappa shape index (κ1) is 15.5. The molecule has 1 aromatic heterocycles. The number of aryl methyl sites for hydroxylation is 2. The number of hydrogen-bond donors (Lipinski definition) is 1. The Labute approximate surface area is 122 Å². The van der Waals surface area contributed by atoms with E-state index in [1.165, 1.54) is 17.0 Å². The fourth-order valence-electron chi connectivity index (χ4n) is 3.59. The molecule has 0 bridgehead atoms. The Morgan fingerprint density at radius 2 is 1.90 bits per heavy atom. The minimum absolute atomic E-state index is 0.463. The van der Waals surface area contributed by atoms with Crippen molar-refractivity contribution in [1.29, 1.82) is 0 Å². The molecule has 4 nitrogen and oxygen atoms in total. The molecule has 0 unspecified atom stereocenters. The molecule has 1 saturated carbocycles. The van der Waals surface area contributed by atoms with Gasteiger partial charge in [-0.25, -0.2) is 0 Å². The highest BCUT2D eigenvalue weighted by Crippen LogP contribution is 2.30. The third-order valence-corrected chi connectivity index (χ3v) is 4.55. The van der Waals surface area contributed by atoms with Gasteiger partial charge in [0.2, 0.25) is 0 Å². The molecule has 20 heavy (non-hydrogen) atoms. The Hall–Kier alpha value is -0.870. The summed E-state index contributed by atoms with van der Waals surface area (Å²) >= 11 is 0. The maximum absolute atomic E-state index is 10.5. The zero-order chi connectivity index (χ0) is 14.8. The molecular formula is C16H29N3O. The van der Waals surface area contributed by atoms with Crippen LogP contribution in [0.25, 0.3) is 0 Å². The fraction of sp³-hybridized carbons (Fsp3) is 0.812. The molecule has 0 aromatic carbocycles. The summed E-state index contributed by atoms with van der Waals surface area (Å²) in [4.78, 5) is 2.26. The minimum Gasteiger partial charge on any atom is -0.389 e. The number of hydrogen-bond acceptors (Lipinski definition) is 3. The van der Waals surface area contributed by atoms with Gasteiger partial charge in [0.15, 0.2) is 0 Å². The molecule has 1 aliphatic rings. The lowest BCUT2D eigenvalue weighted by atomic mass is 10.0. The largest absolute Gasteiger partial charge is 0.389 e. The number of aliphatic hydroxyl groups is 1. The Bertz CT molecular complexity index is 447. The third kappa shape index (κ3) is 3.23. The lowest BCUT2D eigenvalue weighted by Gasteiger charge is -2.28. The second-order valence-electron chi connectivity index (χ2n) is 6.31. The van der Waals surface area contributed by atoms with Crippen LogP contribution in [0.15, 0.2) is 0 Å². The van der Waals surface area contributed by atoms with Crippen molar-refractivity contribution >= 4 is 0 Å². The average molecular weight is 279 g/mol. The van der Waals surface area contributed by atoms with E-state index in [1.54, 1.807) is 0 Å². The molecule has 0 aliphatic heterocycles. The second kappa shape index (κ2) is 6.27. The highest BCUT2D eigenvalue weighted by Gasteiger charge is 2.32. The smallest absolute Gasteiger partial charge is 0.0774 e. The van der Waals surface area contributed by atoms with Crippen LogP contribution >= 0.6 is 0 Å². The summed E-state index contributed by atoms with van der Waals surface area (Å²) in [6.07, 6.45) is 6.21. The van der Waals surface area contributed by atoms with Crippen molar-refractivity contribution in [2.24, 2.45) is 7.05 Å². The van der Waals surface area contributed by atoms with Crippen molar-refractivity contribution in [3.63, 3.8) is 0 Å². The van der Waals surface area contributed by atoms with Gasteiger partial charge >= 0.3 is 0 Å². The molecule has 1 heterocycles. The van der Waals surface area contributed by atoms with Crippen molar-refractivity contribution in [2.75, 3.05) is 13.6 Å². The maximum atomic E-state index is 10.5. The predicted octanol–water partition coefficient (Wildman–Crippen LogP) is 2.28. The zero-order valence-corrected chi connectivity index (χ0v) is 13.4. The van der Waals surface area contributed by atoms with Crippen LogP contribution in [-0.4, -0.2) is 39.0 Å². The zero-order valence-electron chi connectivity index (χ0n) is 13.4. The Morgan fingerprint density at radius 3 is 2.45 bits per heavy atom. The van der Waals surface area contributed by atoms with Crippen LogP contribution in [0.4, 0.5) is 0 Å². The van der Waals surface area contributed by atoms with Crippen LogP contribution in [-0.2, 0) is 26.4 Å². The van der Waals surface area contributed by atoms with Crippen LogP contribution in [0.1, 0.15) is 56.5 Å². The summed E-state index contributed by atoms with van der Waals surface area (Å²) in [5.74, 6) is 0. The van der Waals surface area contributed by atoms with Crippen molar-refractivity contribution in [2.45, 2.75) is 64.5 Å².